The molecular formula is C20H25NO3. The summed E-state index contributed by atoms with van der Waals surface area (Å²) in [5.74, 6) is 1.67. The number of ether oxygens (including phenoxy) is 2. The summed E-state index contributed by atoms with van der Waals surface area (Å²) >= 11 is 0. The highest BCUT2D eigenvalue weighted by atomic mass is 16.5. The zero-order chi connectivity index (χ0) is 16.8. The van der Waals surface area contributed by atoms with E-state index in [1.165, 1.54) is 5.56 Å². The summed E-state index contributed by atoms with van der Waals surface area (Å²) in [4.78, 5) is 0. The summed E-state index contributed by atoms with van der Waals surface area (Å²) in [6.45, 7) is 0.726. The quantitative estimate of drug-likeness (QED) is 0.856. The second-order valence-electron chi connectivity index (χ2n) is 6.23. The van der Waals surface area contributed by atoms with Gasteiger partial charge in [-0.2, -0.15) is 0 Å². The van der Waals surface area contributed by atoms with Crippen molar-refractivity contribution in [1.82, 2.24) is 5.32 Å². The fraction of sp³-hybridized carbons (Fsp3) is 0.400. The average Bonchev–Trinajstić information content (AvgIpc) is 2.64. The summed E-state index contributed by atoms with van der Waals surface area (Å²) in [7, 11) is 1.67. The van der Waals surface area contributed by atoms with Crippen LogP contribution < -0.4 is 14.8 Å². The molecule has 0 amide bonds. The van der Waals surface area contributed by atoms with Gasteiger partial charge in [-0.1, -0.05) is 30.3 Å². The van der Waals surface area contributed by atoms with Gasteiger partial charge in [0.2, 0.25) is 0 Å². The van der Waals surface area contributed by atoms with Crippen molar-refractivity contribution in [2.75, 3.05) is 7.11 Å². The minimum absolute atomic E-state index is 0.0505. The monoisotopic (exact) mass is 327 g/mol. The van der Waals surface area contributed by atoms with Gasteiger partial charge in [0.25, 0.3) is 0 Å². The first-order valence-electron chi connectivity index (χ1n) is 8.52. The molecule has 1 fully saturated rings. The minimum Gasteiger partial charge on any atom is -0.497 e. The molecule has 3 atom stereocenters. The number of para-hydroxylation sites is 1. The molecule has 1 aliphatic rings. The van der Waals surface area contributed by atoms with Crippen molar-refractivity contribution in [2.24, 2.45) is 0 Å². The van der Waals surface area contributed by atoms with Crippen LogP contribution in [0.15, 0.2) is 54.6 Å². The number of rotatable bonds is 6. The molecular weight excluding hydrogens is 302 g/mol. The maximum absolute atomic E-state index is 10.6. The number of hydrogen-bond acceptors (Lipinski definition) is 4. The van der Waals surface area contributed by atoms with Crippen LogP contribution in [0, 0.1) is 0 Å². The Kier molecular flexibility index (Phi) is 5.72. The van der Waals surface area contributed by atoms with E-state index < -0.39 is 6.10 Å². The molecule has 4 heteroatoms. The highest BCUT2D eigenvalue weighted by molar-refractivity contribution is 5.27. The minimum atomic E-state index is -0.503. The lowest BCUT2D eigenvalue weighted by Crippen LogP contribution is -2.50. The van der Waals surface area contributed by atoms with E-state index in [-0.39, 0.29) is 12.1 Å². The average molecular weight is 327 g/mol. The maximum Gasteiger partial charge on any atom is 0.126 e. The van der Waals surface area contributed by atoms with Crippen molar-refractivity contribution in [3.63, 3.8) is 0 Å². The standard InChI is InChI=1S/C20H25NO3/c1-23-16-12-10-15(11-13-16)14-21-18-8-5-9-19(20(18)22)24-17-6-3-2-4-7-17/h2-4,6-7,10-13,18-22H,5,8-9,14H2,1H3/t18-,19+,20+/m0/s1. The smallest absolute Gasteiger partial charge is 0.126 e. The van der Waals surface area contributed by atoms with E-state index in [2.05, 4.69) is 5.32 Å². The Morgan fingerprint density at radius 3 is 2.46 bits per heavy atom. The van der Waals surface area contributed by atoms with Gasteiger partial charge in [0.05, 0.1) is 7.11 Å². The van der Waals surface area contributed by atoms with E-state index in [0.29, 0.717) is 0 Å². The Morgan fingerprint density at radius 2 is 1.75 bits per heavy atom. The normalized spacial score (nSPS) is 23.7. The second kappa shape index (κ2) is 8.18. The number of aliphatic hydroxyl groups excluding tert-OH is 1. The van der Waals surface area contributed by atoms with E-state index >= 15 is 0 Å². The van der Waals surface area contributed by atoms with Crippen LogP contribution >= 0.6 is 0 Å². The zero-order valence-corrected chi connectivity index (χ0v) is 14.0. The molecule has 0 aliphatic heterocycles. The van der Waals surface area contributed by atoms with E-state index in [1.807, 2.05) is 54.6 Å². The molecule has 0 saturated heterocycles. The predicted molar refractivity (Wildman–Crippen MR) is 94.3 cm³/mol. The molecule has 0 aromatic heterocycles. The molecule has 3 rings (SSSR count). The molecule has 128 valence electrons. The van der Waals surface area contributed by atoms with E-state index in [9.17, 15) is 5.11 Å². The molecule has 2 aromatic carbocycles. The first-order valence-corrected chi connectivity index (χ1v) is 8.52. The third kappa shape index (κ3) is 4.28. The number of hydrogen-bond donors (Lipinski definition) is 2. The van der Waals surface area contributed by atoms with Gasteiger partial charge in [-0.3, -0.25) is 0 Å². The zero-order valence-electron chi connectivity index (χ0n) is 14.0. The Morgan fingerprint density at radius 1 is 1.00 bits per heavy atom. The summed E-state index contributed by atoms with van der Waals surface area (Å²) in [5, 5.41) is 14.1. The van der Waals surface area contributed by atoms with Crippen molar-refractivity contribution in [3.8, 4) is 11.5 Å². The molecule has 2 N–H and O–H groups in total. The molecule has 1 aliphatic carbocycles. The van der Waals surface area contributed by atoms with E-state index in [1.54, 1.807) is 7.11 Å². The molecule has 0 heterocycles. The summed E-state index contributed by atoms with van der Waals surface area (Å²) in [6.07, 6.45) is 2.24. The van der Waals surface area contributed by atoms with Crippen LogP contribution in [0.1, 0.15) is 24.8 Å². The van der Waals surface area contributed by atoms with Crippen LogP contribution in [-0.4, -0.2) is 30.5 Å². The topological polar surface area (TPSA) is 50.7 Å². The van der Waals surface area contributed by atoms with Gasteiger partial charge in [0.1, 0.15) is 23.7 Å². The fourth-order valence-corrected chi connectivity index (χ4v) is 3.16. The first-order chi connectivity index (χ1) is 11.8. The molecule has 24 heavy (non-hydrogen) atoms. The molecule has 2 aromatic rings. The van der Waals surface area contributed by atoms with Crippen LogP contribution in [0.5, 0.6) is 11.5 Å². The Labute approximate surface area is 143 Å². The van der Waals surface area contributed by atoms with Gasteiger partial charge < -0.3 is 19.9 Å². The Bertz CT molecular complexity index is 615. The SMILES string of the molecule is COc1ccc(CN[C@H]2CCC[C@@H](Oc3ccccc3)[C@@H]2O)cc1. The van der Waals surface area contributed by atoms with Gasteiger partial charge in [-0.25, -0.2) is 0 Å². The summed E-state index contributed by atoms with van der Waals surface area (Å²) < 4.78 is 11.1. The maximum atomic E-state index is 10.6. The van der Waals surface area contributed by atoms with Gasteiger partial charge in [-0.15, -0.1) is 0 Å². The number of benzene rings is 2. The van der Waals surface area contributed by atoms with Crippen LogP contribution in [0.3, 0.4) is 0 Å². The highest BCUT2D eigenvalue weighted by Gasteiger charge is 2.33. The molecule has 4 nitrogen and oxygen atoms in total. The molecule has 0 radical (unpaired) electrons. The van der Waals surface area contributed by atoms with E-state index in [0.717, 1.165) is 37.3 Å². The van der Waals surface area contributed by atoms with Crippen LogP contribution in [0.2, 0.25) is 0 Å². The van der Waals surface area contributed by atoms with Crippen molar-refractivity contribution in [2.45, 2.75) is 44.1 Å². The number of methoxy groups -OCH3 is 1. The third-order valence-corrected chi connectivity index (χ3v) is 4.56. The van der Waals surface area contributed by atoms with Gasteiger partial charge in [0, 0.05) is 12.6 Å². The Hall–Kier alpha value is -2.04. The van der Waals surface area contributed by atoms with Gasteiger partial charge in [0.15, 0.2) is 0 Å². The van der Waals surface area contributed by atoms with Crippen LogP contribution in [0.25, 0.3) is 0 Å². The largest absolute Gasteiger partial charge is 0.497 e. The predicted octanol–water partition coefficient (Wildman–Crippen LogP) is 3.15. The molecule has 0 spiro atoms. The molecule has 0 unspecified atom stereocenters. The first kappa shape index (κ1) is 16.8. The van der Waals surface area contributed by atoms with Crippen LogP contribution in [-0.2, 0) is 6.54 Å². The van der Waals surface area contributed by atoms with Gasteiger partial charge in [-0.05, 0) is 49.1 Å². The van der Waals surface area contributed by atoms with Crippen molar-refractivity contribution < 1.29 is 14.6 Å². The summed E-state index contributed by atoms with van der Waals surface area (Å²) in [5.41, 5.74) is 1.18. The molecule has 0 bridgehead atoms. The lowest BCUT2D eigenvalue weighted by atomic mass is 9.89. The second-order valence-corrected chi connectivity index (χ2v) is 6.23. The number of nitrogens with one attached hydrogen (secondary N) is 1. The summed E-state index contributed by atoms with van der Waals surface area (Å²) in [6, 6.07) is 17.8. The molecule has 1 saturated carbocycles. The van der Waals surface area contributed by atoms with Gasteiger partial charge >= 0.3 is 0 Å². The Balaban J connectivity index is 1.55. The lowest BCUT2D eigenvalue weighted by molar-refractivity contribution is -0.0157. The van der Waals surface area contributed by atoms with Crippen molar-refractivity contribution in [1.29, 1.82) is 0 Å². The highest BCUT2D eigenvalue weighted by Crippen LogP contribution is 2.24. The van der Waals surface area contributed by atoms with E-state index in [4.69, 9.17) is 9.47 Å². The third-order valence-electron chi connectivity index (χ3n) is 4.56. The van der Waals surface area contributed by atoms with Crippen LogP contribution in [0.4, 0.5) is 0 Å². The van der Waals surface area contributed by atoms with Crippen molar-refractivity contribution in [3.05, 3.63) is 60.2 Å². The number of aliphatic hydroxyl groups is 1. The fourth-order valence-electron chi connectivity index (χ4n) is 3.16. The van der Waals surface area contributed by atoms with Crippen molar-refractivity contribution >= 4 is 0 Å². The lowest BCUT2D eigenvalue weighted by Gasteiger charge is -2.35.